The topological polar surface area (TPSA) is 64.0 Å². The maximum atomic E-state index is 12.3. The molecule has 0 bridgehead atoms. The number of Topliss-reactive ketones (excluding diaryl/α,β-unsaturated/α-hetero) is 1. The van der Waals surface area contributed by atoms with Crippen LogP contribution in [0.4, 0.5) is 0 Å². The summed E-state index contributed by atoms with van der Waals surface area (Å²) in [4.78, 5) is 28.0. The van der Waals surface area contributed by atoms with Crippen molar-refractivity contribution in [3.05, 3.63) is 40.4 Å². The molecule has 5 nitrogen and oxygen atoms in total. The molecule has 1 heterocycles. The summed E-state index contributed by atoms with van der Waals surface area (Å²) in [6, 6.07) is 7.13. The Morgan fingerprint density at radius 2 is 2.16 bits per heavy atom. The minimum atomic E-state index is -0.204. The maximum absolute atomic E-state index is 12.3. The van der Waals surface area contributed by atoms with Crippen LogP contribution in [0.25, 0.3) is 10.9 Å². The largest absolute Gasteiger partial charge is 0.314 e. The number of halogens is 1. The zero-order chi connectivity index (χ0) is 13.8. The molecule has 0 atom stereocenters. The van der Waals surface area contributed by atoms with Crippen LogP contribution >= 0.6 is 11.6 Å². The standard InChI is InChI=1S/C13H14ClN3O2/c1-2-12-16-11-6-4-3-5-10(11)13(19)17(12)15-8-9(18)7-14/h3-6,15H,2,7-8H2,1H3. The summed E-state index contributed by atoms with van der Waals surface area (Å²) in [5.74, 6) is 0.333. The number of hydrogen-bond donors (Lipinski definition) is 1. The van der Waals surface area contributed by atoms with Crippen LogP contribution in [0.3, 0.4) is 0 Å². The lowest BCUT2D eigenvalue weighted by molar-refractivity contribution is -0.115. The summed E-state index contributed by atoms with van der Waals surface area (Å²) in [5.41, 5.74) is 3.24. The van der Waals surface area contributed by atoms with Crippen molar-refractivity contribution in [3.8, 4) is 0 Å². The Morgan fingerprint density at radius 3 is 2.84 bits per heavy atom. The first kappa shape index (κ1) is 13.5. The summed E-state index contributed by atoms with van der Waals surface area (Å²) in [6.45, 7) is 1.91. The van der Waals surface area contributed by atoms with Gasteiger partial charge < -0.3 is 5.43 Å². The second kappa shape index (κ2) is 5.84. The number of alkyl halides is 1. The van der Waals surface area contributed by atoms with E-state index in [0.29, 0.717) is 23.1 Å². The zero-order valence-corrected chi connectivity index (χ0v) is 11.3. The second-order valence-corrected chi connectivity index (χ2v) is 4.31. The highest BCUT2D eigenvalue weighted by atomic mass is 35.5. The van der Waals surface area contributed by atoms with E-state index in [1.54, 1.807) is 18.2 Å². The fourth-order valence-corrected chi connectivity index (χ4v) is 1.89. The number of nitrogens with one attached hydrogen (secondary N) is 1. The van der Waals surface area contributed by atoms with Gasteiger partial charge in [0, 0.05) is 6.42 Å². The highest BCUT2D eigenvalue weighted by molar-refractivity contribution is 6.28. The molecular weight excluding hydrogens is 266 g/mol. The highest BCUT2D eigenvalue weighted by Gasteiger charge is 2.10. The van der Waals surface area contributed by atoms with E-state index in [9.17, 15) is 9.59 Å². The number of nitrogens with zero attached hydrogens (tertiary/aromatic N) is 2. The molecule has 0 fully saturated rings. The van der Waals surface area contributed by atoms with Gasteiger partial charge in [-0.15, -0.1) is 11.6 Å². The van der Waals surface area contributed by atoms with Crippen LogP contribution in [0.2, 0.25) is 0 Å². The van der Waals surface area contributed by atoms with E-state index in [4.69, 9.17) is 11.6 Å². The predicted octanol–water partition coefficient (Wildman–Crippen LogP) is 1.31. The second-order valence-electron chi connectivity index (χ2n) is 4.05. The smallest absolute Gasteiger partial charge is 0.279 e. The van der Waals surface area contributed by atoms with Crippen molar-refractivity contribution in [2.45, 2.75) is 13.3 Å². The molecule has 0 amide bonds. The van der Waals surface area contributed by atoms with Crippen LogP contribution < -0.4 is 11.0 Å². The summed E-state index contributed by atoms with van der Waals surface area (Å²) in [7, 11) is 0. The van der Waals surface area contributed by atoms with Gasteiger partial charge >= 0.3 is 0 Å². The molecule has 0 aliphatic heterocycles. The number of para-hydroxylation sites is 1. The quantitative estimate of drug-likeness (QED) is 0.838. The number of fused-ring (bicyclic) bond motifs is 1. The van der Waals surface area contributed by atoms with Crippen LogP contribution in [0, 0.1) is 0 Å². The highest BCUT2D eigenvalue weighted by Crippen LogP contribution is 2.07. The van der Waals surface area contributed by atoms with Crippen LogP contribution in [-0.2, 0) is 11.2 Å². The van der Waals surface area contributed by atoms with Gasteiger partial charge in [-0.25, -0.2) is 9.66 Å². The zero-order valence-electron chi connectivity index (χ0n) is 10.5. The molecule has 19 heavy (non-hydrogen) atoms. The number of aromatic nitrogens is 2. The van der Waals surface area contributed by atoms with Gasteiger partial charge in [0.2, 0.25) is 0 Å². The molecule has 1 aromatic carbocycles. The Hall–Kier alpha value is -1.88. The van der Waals surface area contributed by atoms with Gasteiger partial charge in [0.25, 0.3) is 5.56 Å². The minimum Gasteiger partial charge on any atom is -0.314 e. The molecule has 0 saturated heterocycles. The number of ketones is 1. The molecule has 0 saturated carbocycles. The van der Waals surface area contributed by atoms with E-state index < -0.39 is 0 Å². The number of aryl methyl sites for hydroxylation is 1. The number of benzene rings is 1. The van der Waals surface area contributed by atoms with Gasteiger partial charge in [0.1, 0.15) is 5.82 Å². The molecule has 2 aromatic rings. The summed E-state index contributed by atoms with van der Waals surface area (Å²) in [5, 5.41) is 0.519. The molecule has 6 heteroatoms. The van der Waals surface area contributed by atoms with Crippen molar-refractivity contribution in [1.29, 1.82) is 0 Å². The van der Waals surface area contributed by atoms with Gasteiger partial charge in [0.15, 0.2) is 5.78 Å². The van der Waals surface area contributed by atoms with Crippen LogP contribution in [0.5, 0.6) is 0 Å². The Balaban J connectivity index is 2.49. The van der Waals surface area contributed by atoms with Crippen molar-refractivity contribution >= 4 is 28.3 Å². The first-order chi connectivity index (χ1) is 9.17. The molecule has 2 rings (SSSR count). The summed E-state index contributed by atoms with van der Waals surface area (Å²) in [6.07, 6.45) is 0.585. The third-order valence-corrected chi connectivity index (χ3v) is 3.04. The summed E-state index contributed by atoms with van der Waals surface area (Å²) >= 11 is 5.43. The molecule has 0 aliphatic carbocycles. The SMILES string of the molecule is CCc1nc2ccccc2c(=O)n1NCC(=O)CCl. The summed E-state index contributed by atoms with van der Waals surface area (Å²) < 4.78 is 1.33. The van der Waals surface area contributed by atoms with Crippen molar-refractivity contribution < 1.29 is 4.79 Å². The average Bonchev–Trinajstić information content (AvgIpc) is 2.45. The number of carbonyl (C=O) groups is 1. The number of hydrogen-bond acceptors (Lipinski definition) is 4. The van der Waals surface area contributed by atoms with E-state index in [0.717, 1.165) is 0 Å². The third kappa shape index (κ3) is 2.76. The van der Waals surface area contributed by atoms with Crippen LogP contribution in [0.15, 0.2) is 29.1 Å². The molecule has 0 radical (unpaired) electrons. The van der Waals surface area contributed by atoms with E-state index in [1.165, 1.54) is 4.68 Å². The monoisotopic (exact) mass is 279 g/mol. The maximum Gasteiger partial charge on any atom is 0.279 e. The van der Waals surface area contributed by atoms with Crippen molar-refractivity contribution in [3.63, 3.8) is 0 Å². The number of carbonyl (C=O) groups excluding carboxylic acids is 1. The lowest BCUT2D eigenvalue weighted by atomic mass is 10.2. The lowest BCUT2D eigenvalue weighted by Crippen LogP contribution is -2.35. The third-order valence-electron chi connectivity index (χ3n) is 2.74. The normalized spacial score (nSPS) is 10.6. The Labute approximate surface area is 115 Å². The van der Waals surface area contributed by atoms with Crippen LogP contribution in [-0.4, -0.2) is 27.9 Å². The Bertz CT molecular complexity index is 666. The van der Waals surface area contributed by atoms with Crippen molar-refractivity contribution in [2.75, 3.05) is 17.9 Å². The van der Waals surface area contributed by atoms with Crippen LogP contribution in [0.1, 0.15) is 12.7 Å². The average molecular weight is 280 g/mol. The Kier molecular flexibility index (Phi) is 4.16. The molecule has 100 valence electrons. The van der Waals surface area contributed by atoms with Gasteiger partial charge in [0.05, 0.1) is 23.3 Å². The van der Waals surface area contributed by atoms with Crippen molar-refractivity contribution in [1.82, 2.24) is 9.66 Å². The molecule has 1 N–H and O–H groups in total. The fraction of sp³-hybridized carbons (Fsp3) is 0.308. The lowest BCUT2D eigenvalue weighted by Gasteiger charge is -2.13. The molecule has 0 aliphatic rings. The fourth-order valence-electron chi connectivity index (χ4n) is 1.79. The first-order valence-electron chi connectivity index (χ1n) is 5.99. The van der Waals surface area contributed by atoms with E-state index in [-0.39, 0.29) is 23.8 Å². The van der Waals surface area contributed by atoms with Gasteiger partial charge in [-0.1, -0.05) is 19.1 Å². The number of rotatable bonds is 5. The van der Waals surface area contributed by atoms with Crippen molar-refractivity contribution in [2.24, 2.45) is 0 Å². The molecular formula is C13H14ClN3O2. The van der Waals surface area contributed by atoms with E-state index in [1.807, 2.05) is 13.0 Å². The van der Waals surface area contributed by atoms with Gasteiger partial charge in [-0.3, -0.25) is 9.59 Å². The molecule has 0 unspecified atom stereocenters. The molecule has 0 spiro atoms. The first-order valence-corrected chi connectivity index (χ1v) is 6.53. The minimum absolute atomic E-state index is 0.0103. The predicted molar refractivity (Wildman–Crippen MR) is 75.3 cm³/mol. The molecule has 1 aromatic heterocycles. The van der Waals surface area contributed by atoms with E-state index >= 15 is 0 Å². The van der Waals surface area contributed by atoms with Gasteiger partial charge in [-0.05, 0) is 12.1 Å². The van der Waals surface area contributed by atoms with Gasteiger partial charge in [-0.2, -0.15) is 0 Å². The Morgan fingerprint density at radius 1 is 1.42 bits per heavy atom. The van der Waals surface area contributed by atoms with E-state index in [2.05, 4.69) is 10.4 Å².